The van der Waals surface area contributed by atoms with Crippen molar-refractivity contribution in [3.63, 3.8) is 0 Å². The molecular weight excluding hydrogens is 324 g/mol. The average molecular weight is 344 g/mol. The lowest BCUT2D eigenvalue weighted by molar-refractivity contribution is 0.0747. The minimum atomic E-state index is -3.17. The van der Waals surface area contributed by atoms with Crippen molar-refractivity contribution < 1.29 is 13.2 Å². The summed E-state index contributed by atoms with van der Waals surface area (Å²) in [6, 6.07) is 16.2. The molecule has 0 bridgehead atoms. The molecule has 1 heterocycles. The lowest BCUT2D eigenvalue weighted by Gasteiger charge is -2.36. The van der Waals surface area contributed by atoms with E-state index < -0.39 is 9.84 Å². The van der Waals surface area contributed by atoms with Crippen molar-refractivity contribution in [3.05, 3.63) is 60.2 Å². The minimum Gasteiger partial charge on any atom is -0.368 e. The maximum atomic E-state index is 12.4. The van der Waals surface area contributed by atoms with Gasteiger partial charge >= 0.3 is 0 Å². The van der Waals surface area contributed by atoms with Gasteiger partial charge in [-0.2, -0.15) is 0 Å². The van der Waals surface area contributed by atoms with E-state index in [0.717, 1.165) is 18.8 Å². The molecule has 2 aromatic rings. The molecule has 0 radical (unpaired) electrons. The first-order valence-electron chi connectivity index (χ1n) is 7.84. The second-order valence-corrected chi connectivity index (χ2v) is 7.93. The number of carbonyl (C=O) groups excluding carboxylic acids is 1. The molecule has 0 aliphatic carbocycles. The highest BCUT2D eigenvalue weighted by Crippen LogP contribution is 2.20. The number of rotatable bonds is 3. The van der Waals surface area contributed by atoms with Gasteiger partial charge in [0.05, 0.1) is 4.90 Å². The molecule has 2 aromatic carbocycles. The molecule has 1 amide bonds. The van der Waals surface area contributed by atoms with Crippen molar-refractivity contribution in [2.45, 2.75) is 4.90 Å². The van der Waals surface area contributed by atoms with E-state index in [-0.39, 0.29) is 5.91 Å². The molecule has 0 N–H and O–H groups in total. The Balaban J connectivity index is 1.64. The number of hydrogen-bond donors (Lipinski definition) is 0. The smallest absolute Gasteiger partial charge is 0.253 e. The van der Waals surface area contributed by atoms with Gasteiger partial charge in [0.15, 0.2) is 9.84 Å². The van der Waals surface area contributed by atoms with Crippen LogP contribution < -0.4 is 4.90 Å². The molecule has 6 heteroatoms. The Morgan fingerprint density at radius 1 is 0.875 bits per heavy atom. The molecule has 1 fully saturated rings. The third-order valence-electron chi connectivity index (χ3n) is 4.22. The van der Waals surface area contributed by atoms with E-state index in [1.165, 1.54) is 6.26 Å². The van der Waals surface area contributed by atoms with Gasteiger partial charge in [0, 0.05) is 43.7 Å². The SMILES string of the molecule is CS(=O)(=O)c1ccc(N2CCN(C(=O)c3ccccc3)CC2)cc1. The van der Waals surface area contributed by atoms with E-state index in [2.05, 4.69) is 4.90 Å². The number of piperazine rings is 1. The minimum absolute atomic E-state index is 0.0580. The third kappa shape index (κ3) is 3.59. The fraction of sp³-hybridized carbons (Fsp3) is 0.278. The van der Waals surface area contributed by atoms with Crippen molar-refractivity contribution in [1.29, 1.82) is 0 Å². The Labute approximate surface area is 142 Å². The highest BCUT2D eigenvalue weighted by atomic mass is 32.2. The monoisotopic (exact) mass is 344 g/mol. The lowest BCUT2D eigenvalue weighted by Crippen LogP contribution is -2.48. The van der Waals surface area contributed by atoms with Crippen LogP contribution in [-0.2, 0) is 9.84 Å². The van der Waals surface area contributed by atoms with Crippen LogP contribution in [0.1, 0.15) is 10.4 Å². The molecule has 5 nitrogen and oxygen atoms in total. The lowest BCUT2D eigenvalue weighted by atomic mass is 10.1. The van der Waals surface area contributed by atoms with Gasteiger partial charge in [0.1, 0.15) is 0 Å². The second kappa shape index (κ2) is 6.65. The van der Waals surface area contributed by atoms with Crippen molar-refractivity contribution in [3.8, 4) is 0 Å². The molecule has 0 atom stereocenters. The molecule has 1 aliphatic heterocycles. The molecule has 0 saturated carbocycles. The van der Waals surface area contributed by atoms with Gasteiger partial charge in [-0.3, -0.25) is 4.79 Å². The number of carbonyl (C=O) groups is 1. The number of amides is 1. The van der Waals surface area contributed by atoms with Crippen LogP contribution in [0, 0.1) is 0 Å². The summed E-state index contributed by atoms with van der Waals surface area (Å²) in [5.74, 6) is 0.0580. The largest absolute Gasteiger partial charge is 0.368 e. The summed E-state index contributed by atoms with van der Waals surface area (Å²) in [6.45, 7) is 2.77. The van der Waals surface area contributed by atoms with Crippen LogP contribution in [0.4, 0.5) is 5.69 Å². The van der Waals surface area contributed by atoms with Gasteiger partial charge in [-0.15, -0.1) is 0 Å². The topological polar surface area (TPSA) is 57.7 Å². The molecule has 0 unspecified atom stereocenters. The first-order chi connectivity index (χ1) is 11.4. The number of hydrogen-bond acceptors (Lipinski definition) is 4. The van der Waals surface area contributed by atoms with Crippen LogP contribution in [0.3, 0.4) is 0 Å². The molecule has 0 spiro atoms. The van der Waals surface area contributed by atoms with Crippen molar-refractivity contribution >= 4 is 21.4 Å². The van der Waals surface area contributed by atoms with E-state index in [0.29, 0.717) is 23.5 Å². The van der Waals surface area contributed by atoms with E-state index in [1.54, 1.807) is 12.1 Å². The van der Waals surface area contributed by atoms with Crippen LogP contribution in [0.25, 0.3) is 0 Å². The fourth-order valence-electron chi connectivity index (χ4n) is 2.84. The highest BCUT2D eigenvalue weighted by Gasteiger charge is 2.22. The maximum absolute atomic E-state index is 12.4. The molecule has 24 heavy (non-hydrogen) atoms. The number of anilines is 1. The third-order valence-corrected chi connectivity index (χ3v) is 5.35. The Hall–Kier alpha value is -2.34. The van der Waals surface area contributed by atoms with Gasteiger partial charge in [0.2, 0.25) is 0 Å². The van der Waals surface area contributed by atoms with Crippen LogP contribution in [-0.4, -0.2) is 51.7 Å². The van der Waals surface area contributed by atoms with E-state index in [4.69, 9.17) is 0 Å². The predicted octanol–water partition coefficient (Wildman–Crippen LogP) is 2.05. The van der Waals surface area contributed by atoms with Gasteiger partial charge in [-0.25, -0.2) is 8.42 Å². The zero-order chi connectivity index (χ0) is 17.2. The molecule has 126 valence electrons. The number of nitrogens with zero attached hydrogens (tertiary/aromatic N) is 2. The standard InChI is InChI=1S/C18H20N2O3S/c1-24(22,23)17-9-7-16(8-10-17)19-11-13-20(14-12-19)18(21)15-5-3-2-4-6-15/h2-10H,11-14H2,1H3. The van der Waals surface area contributed by atoms with Crippen LogP contribution in [0.15, 0.2) is 59.5 Å². The predicted molar refractivity (Wildman–Crippen MR) is 94.1 cm³/mol. The van der Waals surface area contributed by atoms with Gasteiger partial charge in [-0.05, 0) is 36.4 Å². The van der Waals surface area contributed by atoms with Crippen molar-refractivity contribution in [1.82, 2.24) is 4.90 Å². The average Bonchev–Trinajstić information content (AvgIpc) is 2.61. The number of sulfone groups is 1. The van der Waals surface area contributed by atoms with Crippen molar-refractivity contribution in [2.75, 3.05) is 37.3 Å². The van der Waals surface area contributed by atoms with E-state index >= 15 is 0 Å². The van der Waals surface area contributed by atoms with Gasteiger partial charge in [0.25, 0.3) is 5.91 Å². The van der Waals surface area contributed by atoms with E-state index in [9.17, 15) is 13.2 Å². The molecule has 0 aromatic heterocycles. The Morgan fingerprint density at radius 3 is 2.00 bits per heavy atom. The Kier molecular flexibility index (Phi) is 4.57. The summed E-state index contributed by atoms with van der Waals surface area (Å²) in [4.78, 5) is 16.8. The Morgan fingerprint density at radius 2 is 1.46 bits per heavy atom. The summed E-state index contributed by atoms with van der Waals surface area (Å²) < 4.78 is 23.0. The summed E-state index contributed by atoms with van der Waals surface area (Å²) in [7, 11) is -3.17. The van der Waals surface area contributed by atoms with Gasteiger partial charge in [-0.1, -0.05) is 18.2 Å². The second-order valence-electron chi connectivity index (χ2n) is 5.91. The Bertz CT molecular complexity index is 809. The summed E-state index contributed by atoms with van der Waals surface area (Å²) in [5, 5.41) is 0. The summed E-state index contributed by atoms with van der Waals surface area (Å²) in [6.07, 6.45) is 1.20. The maximum Gasteiger partial charge on any atom is 0.253 e. The summed E-state index contributed by atoms with van der Waals surface area (Å²) in [5.41, 5.74) is 1.69. The van der Waals surface area contributed by atoms with Gasteiger partial charge < -0.3 is 9.80 Å². The zero-order valence-electron chi connectivity index (χ0n) is 13.6. The zero-order valence-corrected chi connectivity index (χ0v) is 14.4. The molecule has 1 aliphatic rings. The molecule has 3 rings (SSSR count). The molecular formula is C18H20N2O3S. The normalized spacial score (nSPS) is 15.4. The molecule has 1 saturated heterocycles. The van der Waals surface area contributed by atoms with Crippen LogP contribution in [0.5, 0.6) is 0 Å². The van der Waals surface area contributed by atoms with Crippen molar-refractivity contribution in [2.24, 2.45) is 0 Å². The highest BCUT2D eigenvalue weighted by molar-refractivity contribution is 7.90. The van der Waals surface area contributed by atoms with E-state index in [1.807, 2.05) is 47.4 Å². The van der Waals surface area contributed by atoms with Crippen LogP contribution >= 0.6 is 0 Å². The van der Waals surface area contributed by atoms with Crippen LogP contribution in [0.2, 0.25) is 0 Å². The quantitative estimate of drug-likeness (QED) is 0.855. The first kappa shape index (κ1) is 16.5. The first-order valence-corrected chi connectivity index (χ1v) is 9.74. The summed E-state index contributed by atoms with van der Waals surface area (Å²) >= 11 is 0. The fourth-order valence-corrected chi connectivity index (χ4v) is 3.47. The number of benzene rings is 2.